The summed E-state index contributed by atoms with van der Waals surface area (Å²) in [5.41, 5.74) is 0. The Bertz CT molecular complexity index is 203. The maximum atomic E-state index is 3.50. The normalized spacial score (nSPS) is 39.5. The Balaban J connectivity index is 2.27. The molecule has 1 saturated carbocycles. The molecule has 2 nitrogen and oxygen atoms in total. The lowest BCUT2D eigenvalue weighted by atomic mass is 9.85. The Morgan fingerprint density at radius 3 is 1.94 bits per heavy atom. The van der Waals surface area contributed by atoms with E-state index in [1.807, 2.05) is 7.05 Å². The number of hydrogen-bond donors (Lipinski definition) is 2. The van der Waals surface area contributed by atoms with Crippen molar-refractivity contribution in [1.82, 2.24) is 10.6 Å². The molecule has 2 heteroatoms. The molecule has 0 aromatic heterocycles. The van der Waals surface area contributed by atoms with Crippen molar-refractivity contribution in [3.8, 4) is 0 Å². The summed E-state index contributed by atoms with van der Waals surface area (Å²) >= 11 is 0. The topological polar surface area (TPSA) is 24.1 Å². The van der Waals surface area contributed by atoms with Gasteiger partial charge in [0.1, 0.15) is 0 Å². The Hall–Kier alpha value is -0.0800. The SMILES string of the molecule is CNC(C)NCCCC1C(C)C(C)C(C)C1C. The molecule has 102 valence electrons. The second-order valence-electron chi connectivity index (χ2n) is 6.21. The van der Waals surface area contributed by atoms with E-state index in [0.717, 1.165) is 36.1 Å². The van der Waals surface area contributed by atoms with Crippen LogP contribution in [-0.4, -0.2) is 19.8 Å². The molecule has 1 fully saturated rings. The summed E-state index contributed by atoms with van der Waals surface area (Å²) < 4.78 is 0. The van der Waals surface area contributed by atoms with Crippen LogP contribution in [0.4, 0.5) is 0 Å². The van der Waals surface area contributed by atoms with Crippen LogP contribution in [0.3, 0.4) is 0 Å². The molecular formula is C15H32N2. The maximum Gasteiger partial charge on any atom is 0.0540 e. The van der Waals surface area contributed by atoms with E-state index in [1.165, 1.54) is 12.8 Å². The molecule has 0 spiro atoms. The molecule has 1 rings (SSSR count). The average Bonchev–Trinajstić information content (AvgIpc) is 2.50. The largest absolute Gasteiger partial charge is 0.305 e. The van der Waals surface area contributed by atoms with Gasteiger partial charge < -0.3 is 10.6 Å². The molecule has 17 heavy (non-hydrogen) atoms. The van der Waals surface area contributed by atoms with E-state index in [-0.39, 0.29) is 0 Å². The standard InChI is InChI=1S/C15H32N2/c1-10-11(2)13(4)15(12(10)3)8-7-9-17-14(5)16-6/h10-17H,7-9H2,1-6H3. The van der Waals surface area contributed by atoms with Crippen molar-refractivity contribution in [3.05, 3.63) is 0 Å². The summed E-state index contributed by atoms with van der Waals surface area (Å²) in [6.07, 6.45) is 3.14. The van der Waals surface area contributed by atoms with E-state index < -0.39 is 0 Å². The lowest BCUT2D eigenvalue weighted by molar-refractivity contribution is 0.289. The molecule has 0 bridgehead atoms. The van der Waals surface area contributed by atoms with Gasteiger partial charge in [-0.15, -0.1) is 0 Å². The summed E-state index contributed by atoms with van der Waals surface area (Å²) in [6.45, 7) is 13.1. The predicted octanol–water partition coefficient (Wildman–Crippen LogP) is 3.10. The van der Waals surface area contributed by atoms with Crippen molar-refractivity contribution in [2.45, 2.75) is 53.6 Å². The Kier molecular flexibility index (Phi) is 5.94. The van der Waals surface area contributed by atoms with Crippen LogP contribution >= 0.6 is 0 Å². The van der Waals surface area contributed by atoms with Gasteiger partial charge in [0, 0.05) is 0 Å². The van der Waals surface area contributed by atoms with Gasteiger partial charge in [-0.25, -0.2) is 0 Å². The molecule has 0 aromatic rings. The first kappa shape index (κ1) is 15.0. The van der Waals surface area contributed by atoms with Gasteiger partial charge in [0.25, 0.3) is 0 Å². The van der Waals surface area contributed by atoms with Crippen LogP contribution in [0.1, 0.15) is 47.5 Å². The third-order valence-corrected chi connectivity index (χ3v) is 5.44. The van der Waals surface area contributed by atoms with E-state index in [9.17, 15) is 0 Å². The number of nitrogens with one attached hydrogen (secondary N) is 2. The molecule has 0 heterocycles. The first-order valence-electron chi connectivity index (χ1n) is 7.39. The molecule has 1 aliphatic rings. The fourth-order valence-corrected chi connectivity index (χ4v) is 3.50. The van der Waals surface area contributed by atoms with E-state index in [4.69, 9.17) is 0 Å². The van der Waals surface area contributed by atoms with Crippen molar-refractivity contribution in [2.75, 3.05) is 13.6 Å². The highest BCUT2D eigenvalue weighted by molar-refractivity contribution is 4.89. The van der Waals surface area contributed by atoms with Crippen molar-refractivity contribution >= 4 is 0 Å². The third-order valence-electron chi connectivity index (χ3n) is 5.44. The lowest BCUT2D eigenvalue weighted by Crippen LogP contribution is -2.37. The average molecular weight is 240 g/mol. The van der Waals surface area contributed by atoms with Crippen LogP contribution in [0.15, 0.2) is 0 Å². The highest BCUT2D eigenvalue weighted by Crippen LogP contribution is 2.47. The zero-order valence-electron chi connectivity index (χ0n) is 12.6. The van der Waals surface area contributed by atoms with Gasteiger partial charge in [0.15, 0.2) is 0 Å². The zero-order chi connectivity index (χ0) is 13.0. The summed E-state index contributed by atoms with van der Waals surface area (Å²) in [6, 6.07) is 0. The second kappa shape index (κ2) is 6.75. The second-order valence-corrected chi connectivity index (χ2v) is 6.21. The molecule has 1 aliphatic carbocycles. The van der Waals surface area contributed by atoms with Gasteiger partial charge in [0.05, 0.1) is 6.17 Å². The Morgan fingerprint density at radius 1 is 0.941 bits per heavy atom. The fraction of sp³-hybridized carbons (Fsp3) is 1.00. The molecule has 0 aromatic carbocycles. The highest BCUT2D eigenvalue weighted by Gasteiger charge is 2.40. The van der Waals surface area contributed by atoms with Crippen molar-refractivity contribution < 1.29 is 0 Å². The van der Waals surface area contributed by atoms with Crippen LogP contribution in [0.2, 0.25) is 0 Å². The summed E-state index contributed by atoms with van der Waals surface area (Å²) in [7, 11) is 2.00. The first-order chi connectivity index (χ1) is 7.99. The molecular weight excluding hydrogens is 208 g/mol. The third kappa shape index (κ3) is 3.69. The monoisotopic (exact) mass is 240 g/mol. The Labute approximate surface area is 108 Å². The molecule has 0 aliphatic heterocycles. The van der Waals surface area contributed by atoms with Gasteiger partial charge in [-0.2, -0.15) is 0 Å². The first-order valence-corrected chi connectivity index (χ1v) is 7.39. The maximum absolute atomic E-state index is 3.50. The van der Waals surface area contributed by atoms with Gasteiger partial charge in [-0.05, 0) is 62.9 Å². The van der Waals surface area contributed by atoms with E-state index >= 15 is 0 Å². The van der Waals surface area contributed by atoms with Crippen LogP contribution in [0.5, 0.6) is 0 Å². The van der Waals surface area contributed by atoms with Gasteiger partial charge >= 0.3 is 0 Å². The quantitative estimate of drug-likeness (QED) is 0.551. The number of hydrogen-bond acceptors (Lipinski definition) is 2. The minimum atomic E-state index is 0.436. The molecule has 0 amide bonds. The van der Waals surface area contributed by atoms with Crippen molar-refractivity contribution in [2.24, 2.45) is 29.6 Å². The van der Waals surface area contributed by atoms with Gasteiger partial charge in [0.2, 0.25) is 0 Å². The fourth-order valence-electron chi connectivity index (χ4n) is 3.50. The number of rotatable bonds is 6. The van der Waals surface area contributed by atoms with E-state index in [0.29, 0.717) is 6.17 Å². The van der Waals surface area contributed by atoms with Crippen molar-refractivity contribution in [3.63, 3.8) is 0 Å². The summed E-state index contributed by atoms with van der Waals surface area (Å²) in [5, 5.41) is 6.71. The van der Waals surface area contributed by atoms with Crippen LogP contribution in [0, 0.1) is 29.6 Å². The minimum Gasteiger partial charge on any atom is -0.305 e. The van der Waals surface area contributed by atoms with Crippen LogP contribution in [0.25, 0.3) is 0 Å². The zero-order valence-corrected chi connectivity index (χ0v) is 12.6. The predicted molar refractivity (Wildman–Crippen MR) is 75.9 cm³/mol. The molecule has 0 saturated heterocycles. The van der Waals surface area contributed by atoms with Gasteiger partial charge in [-0.1, -0.05) is 27.7 Å². The summed E-state index contributed by atoms with van der Waals surface area (Å²) in [4.78, 5) is 0. The highest BCUT2D eigenvalue weighted by atomic mass is 15.1. The van der Waals surface area contributed by atoms with E-state index in [2.05, 4.69) is 45.3 Å². The smallest absolute Gasteiger partial charge is 0.0540 e. The summed E-state index contributed by atoms with van der Waals surface area (Å²) in [5.74, 6) is 4.55. The van der Waals surface area contributed by atoms with Crippen LogP contribution < -0.4 is 10.6 Å². The molecule has 2 N–H and O–H groups in total. The molecule has 5 atom stereocenters. The lowest BCUT2D eigenvalue weighted by Gasteiger charge is -2.22. The Morgan fingerprint density at radius 2 is 1.47 bits per heavy atom. The van der Waals surface area contributed by atoms with Crippen molar-refractivity contribution in [1.29, 1.82) is 0 Å². The van der Waals surface area contributed by atoms with E-state index in [1.54, 1.807) is 0 Å². The molecule has 0 radical (unpaired) electrons. The van der Waals surface area contributed by atoms with Crippen LogP contribution in [-0.2, 0) is 0 Å². The minimum absolute atomic E-state index is 0.436. The van der Waals surface area contributed by atoms with Gasteiger partial charge in [-0.3, -0.25) is 0 Å². The molecule has 5 unspecified atom stereocenters.